The fourth-order valence-corrected chi connectivity index (χ4v) is 4.93. The number of nitrogens with one attached hydrogen (secondary N) is 1. The quantitative estimate of drug-likeness (QED) is 0.428. The van der Waals surface area contributed by atoms with Crippen LogP contribution in [0.15, 0.2) is 48.5 Å². The zero-order chi connectivity index (χ0) is 26.9. The fourth-order valence-electron chi connectivity index (χ4n) is 3.96. The van der Waals surface area contributed by atoms with E-state index in [2.05, 4.69) is 5.32 Å². The van der Waals surface area contributed by atoms with Crippen molar-refractivity contribution in [1.82, 2.24) is 10.2 Å². The monoisotopic (exact) mass is 519 g/mol. The molecule has 0 aromatic heterocycles. The zero-order valence-corrected chi connectivity index (χ0v) is 22.6. The van der Waals surface area contributed by atoms with Gasteiger partial charge < -0.3 is 10.2 Å². The maximum absolute atomic E-state index is 13.4. The van der Waals surface area contributed by atoms with Gasteiger partial charge in [-0.05, 0) is 55.5 Å². The minimum Gasteiger partial charge on any atom is -0.354 e. The summed E-state index contributed by atoms with van der Waals surface area (Å²) in [5, 5.41) is 2.93. The lowest BCUT2D eigenvalue weighted by Gasteiger charge is -2.31. The van der Waals surface area contributed by atoms with E-state index in [0.717, 1.165) is 21.7 Å². The van der Waals surface area contributed by atoms with Gasteiger partial charge in [0.25, 0.3) is 0 Å². The van der Waals surface area contributed by atoms with E-state index in [-0.39, 0.29) is 43.7 Å². The molecule has 0 fully saturated rings. The first-order valence-corrected chi connectivity index (χ1v) is 14.1. The molecule has 0 aliphatic carbocycles. The van der Waals surface area contributed by atoms with Crippen molar-refractivity contribution in [1.29, 1.82) is 0 Å². The van der Waals surface area contributed by atoms with Gasteiger partial charge in [0.05, 0.1) is 11.9 Å². The molecule has 0 radical (unpaired) electrons. The largest absolute Gasteiger partial charge is 0.354 e. The Morgan fingerprint density at radius 1 is 1.08 bits per heavy atom. The van der Waals surface area contributed by atoms with Crippen molar-refractivity contribution in [3.63, 3.8) is 0 Å². The number of aryl methyl sites for hydroxylation is 1. The Morgan fingerprint density at radius 3 is 2.31 bits per heavy atom. The molecule has 0 saturated carbocycles. The molecule has 0 spiro atoms. The molecular weight excluding hydrogens is 481 g/mol. The molecule has 1 unspecified atom stereocenters. The van der Waals surface area contributed by atoms with Gasteiger partial charge in [0.1, 0.15) is 11.9 Å². The first-order chi connectivity index (χ1) is 16.9. The molecule has 1 N–H and O–H groups in total. The number of anilines is 1. The van der Waals surface area contributed by atoms with Crippen molar-refractivity contribution >= 4 is 27.5 Å². The van der Waals surface area contributed by atoms with E-state index in [4.69, 9.17) is 0 Å². The maximum Gasteiger partial charge on any atom is 0.242 e. The second kappa shape index (κ2) is 13.4. The van der Waals surface area contributed by atoms with Crippen LogP contribution >= 0.6 is 0 Å². The second-order valence-electron chi connectivity index (χ2n) is 9.49. The summed E-state index contributed by atoms with van der Waals surface area (Å²) in [6.07, 6.45) is 1.84. The van der Waals surface area contributed by atoms with Gasteiger partial charge in [-0.1, -0.05) is 50.6 Å². The Balaban J connectivity index is 2.20. The van der Waals surface area contributed by atoms with Crippen molar-refractivity contribution in [3.05, 3.63) is 65.5 Å². The molecule has 0 bridgehead atoms. The van der Waals surface area contributed by atoms with Crippen molar-refractivity contribution < 1.29 is 22.4 Å². The van der Waals surface area contributed by atoms with Gasteiger partial charge in [-0.15, -0.1) is 0 Å². The van der Waals surface area contributed by atoms with Gasteiger partial charge in [0.2, 0.25) is 21.8 Å². The van der Waals surface area contributed by atoms with Gasteiger partial charge in [0.15, 0.2) is 0 Å². The summed E-state index contributed by atoms with van der Waals surface area (Å²) in [5.41, 5.74) is 2.31. The number of halogens is 1. The molecule has 0 aliphatic heterocycles. The zero-order valence-electron chi connectivity index (χ0n) is 21.8. The third kappa shape index (κ3) is 8.93. The van der Waals surface area contributed by atoms with Crippen molar-refractivity contribution in [3.8, 4) is 0 Å². The van der Waals surface area contributed by atoms with Crippen LogP contribution in [0, 0.1) is 18.7 Å². The topological polar surface area (TPSA) is 86.8 Å². The van der Waals surface area contributed by atoms with Crippen LogP contribution in [0.5, 0.6) is 0 Å². The number of sulfonamides is 1. The fraction of sp³-hybridized carbons (Fsp3) is 0.481. The van der Waals surface area contributed by atoms with Crippen LogP contribution in [0.4, 0.5) is 10.1 Å². The van der Waals surface area contributed by atoms with Crippen LogP contribution in [0.1, 0.15) is 51.2 Å². The normalized spacial score (nSPS) is 12.3. The molecule has 2 aromatic carbocycles. The number of rotatable bonds is 13. The van der Waals surface area contributed by atoms with Gasteiger partial charge in [0, 0.05) is 26.1 Å². The van der Waals surface area contributed by atoms with Gasteiger partial charge in [-0.3, -0.25) is 13.9 Å². The Hall–Kier alpha value is -2.94. The minimum absolute atomic E-state index is 0.0603. The predicted octanol–water partition coefficient (Wildman–Crippen LogP) is 4.26. The maximum atomic E-state index is 13.4. The summed E-state index contributed by atoms with van der Waals surface area (Å²) >= 11 is 0. The number of carbonyl (C=O) groups is 2. The summed E-state index contributed by atoms with van der Waals surface area (Å²) in [6.45, 7) is 8.71. The number of carbonyl (C=O) groups excluding carboxylic acids is 2. The third-order valence-corrected chi connectivity index (χ3v) is 6.97. The Bertz CT molecular complexity index is 1120. The molecule has 2 aromatic rings. The first-order valence-electron chi connectivity index (χ1n) is 12.3. The highest BCUT2D eigenvalue weighted by molar-refractivity contribution is 7.92. The molecule has 36 heavy (non-hydrogen) atoms. The van der Waals surface area contributed by atoms with Crippen molar-refractivity contribution in [2.75, 3.05) is 23.7 Å². The molecule has 198 valence electrons. The first kappa shape index (κ1) is 29.3. The molecule has 0 aliphatic rings. The van der Waals surface area contributed by atoms with Crippen LogP contribution in [0.2, 0.25) is 0 Å². The highest BCUT2D eigenvalue weighted by Crippen LogP contribution is 2.20. The molecule has 0 heterocycles. The summed E-state index contributed by atoms with van der Waals surface area (Å²) in [6, 6.07) is 12.3. The molecule has 2 amide bonds. The molecule has 0 saturated heterocycles. The van der Waals surface area contributed by atoms with E-state index >= 15 is 0 Å². The van der Waals surface area contributed by atoms with E-state index < -0.39 is 21.9 Å². The Morgan fingerprint density at radius 2 is 1.75 bits per heavy atom. The molecule has 2 rings (SSSR count). The second-order valence-corrected chi connectivity index (χ2v) is 11.4. The van der Waals surface area contributed by atoms with E-state index in [0.29, 0.717) is 18.7 Å². The number of hydrogen-bond donors (Lipinski definition) is 1. The highest BCUT2D eigenvalue weighted by atomic mass is 32.2. The standard InChI is InChI=1S/C27H38FN3O4S/c1-6-25(27(33)29-18-20(2)3)30(19-22-10-7-9-21(4)17-22)26(32)11-8-16-31(36(5,34)35)24-14-12-23(28)13-15-24/h7,9-10,12-15,17,20,25H,6,8,11,16,18-19H2,1-5H3,(H,29,33). The Labute approximate surface area is 214 Å². The number of benzene rings is 2. The van der Waals surface area contributed by atoms with Crippen molar-refractivity contribution in [2.45, 2.75) is 59.5 Å². The summed E-state index contributed by atoms with van der Waals surface area (Å²) < 4.78 is 39.2. The predicted molar refractivity (Wildman–Crippen MR) is 141 cm³/mol. The van der Waals surface area contributed by atoms with E-state index in [1.54, 1.807) is 4.90 Å². The van der Waals surface area contributed by atoms with E-state index in [9.17, 15) is 22.4 Å². The van der Waals surface area contributed by atoms with Gasteiger partial charge in [-0.2, -0.15) is 0 Å². The van der Waals surface area contributed by atoms with Crippen LogP contribution in [0.25, 0.3) is 0 Å². The van der Waals surface area contributed by atoms with Crippen molar-refractivity contribution in [2.24, 2.45) is 5.92 Å². The van der Waals surface area contributed by atoms with E-state index in [1.165, 1.54) is 24.3 Å². The number of hydrogen-bond acceptors (Lipinski definition) is 4. The number of nitrogens with zero attached hydrogens (tertiary/aromatic N) is 2. The van der Waals surface area contributed by atoms with E-state index in [1.807, 2.05) is 52.0 Å². The van der Waals surface area contributed by atoms with Crippen LogP contribution in [-0.4, -0.2) is 50.5 Å². The lowest BCUT2D eigenvalue weighted by molar-refractivity contribution is -0.141. The number of amides is 2. The Kier molecular flexibility index (Phi) is 10.9. The minimum atomic E-state index is -3.63. The average Bonchev–Trinajstić information content (AvgIpc) is 2.80. The van der Waals surface area contributed by atoms with Crippen LogP contribution in [0.3, 0.4) is 0 Å². The van der Waals surface area contributed by atoms with Gasteiger partial charge >= 0.3 is 0 Å². The third-order valence-electron chi connectivity index (χ3n) is 5.77. The molecule has 1 atom stereocenters. The molecular formula is C27H38FN3O4S. The summed E-state index contributed by atoms with van der Waals surface area (Å²) in [7, 11) is -3.63. The average molecular weight is 520 g/mol. The summed E-state index contributed by atoms with van der Waals surface area (Å²) in [4.78, 5) is 28.0. The van der Waals surface area contributed by atoms with Crippen LogP contribution in [-0.2, 0) is 26.2 Å². The smallest absolute Gasteiger partial charge is 0.242 e. The molecule has 9 heteroatoms. The highest BCUT2D eigenvalue weighted by Gasteiger charge is 2.29. The molecule has 7 nitrogen and oxygen atoms in total. The van der Waals surface area contributed by atoms with Gasteiger partial charge in [-0.25, -0.2) is 12.8 Å². The summed E-state index contributed by atoms with van der Waals surface area (Å²) in [5.74, 6) is -0.608. The SMILES string of the molecule is CCC(C(=O)NCC(C)C)N(Cc1cccc(C)c1)C(=O)CCCN(c1ccc(F)cc1)S(C)(=O)=O. The lowest BCUT2D eigenvalue weighted by atomic mass is 10.1. The lowest BCUT2D eigenvalue weighted by Crippen LogP contribution is -2.49. The van der Waals surface area contributed by atoms with Crippen LogP contribution < -0.4 is 9.62 Å².